The van der Waals surface area contributed by atoms with Crippen molar-refractivity contribution in [2.75, 3.05) is 20.6 Å². The highest BCUT2D eigenvalue weighted by molar-refractivity contribution is 7.21. The molecule has 31 heavy (non-hydrogen) atoms. The van der Waals surface area contributed by atoms with Gasteiger partial charge in [0.05, 0.1) is 16.3 Å². The number of hydrogen-bond donors (Lipinski definition) is 1. The summed E-state index contributed by atoms with van der Waals surface area (Å²) >= 11 is 7.68. The quantitative estimate of drug-likeness (QED) is 0.461. The van der Waals surface area contributed by atoms with Crippen LogP contribution in [-0.4, -0.2) is 46.4 Å². The molecule has 0 bridgehead atoms. The van der Waals surface area contributed by atoms with Crippen LogP contribution in [0.2, 0.25) is 5.02 Å². The Balaban J connectivity index is 1.60. The number of thiazole rings is 1. The van der Waals surface area contributed by atoms with E-state index >= 15 is 0 Å². The van der Waals surface area contributed by atoms with Crippen LogP contribution in [-0.2, 0) is 0 Å². The first-order valence-electron chi connectivity index (χ1n) is 9.51. The zero-order chi connectivity index (χ0) is 22.0. The van der Waals surface area contributed by atoms with Gasteiger partial charge < -0.3 is 10.2 Å². The Morgan fingerprint density at radius 1 is 1.16 bits per heavy atom. The lowest BCUT2D eigenvalue weighted by Crippen LogP contribution is -2.35. The number of fused-ring (bicyclic) bond motifs is 1. The zero-order valence-electron chi connectivity index (χ0n) is 16.8. The number of nitrogens with one attached hydrogen (secondary N) is 1. The number of hydrogen-bond acceptors (Lipinski definition) is 6. The van der Waals surface area contributed by atoms with Crippen LogP contribution >= 0.6 is 22.9 Å². The number of carbonyl (C=O) groups excluding carboxylic acids is 1. The number of amides is 1. The Bertz CT molecular complexity index is 1190. The molecule has 1 N–H and O–H groups in total. The summed E-state index contributed by atoms with van der Waals surface area (Å²) in [5.41, 5.74) is 1.74. The average molecular weight is 456 g/mol. The van der Waals surface area contributed by atoms with Gasteiger partial charge >= 0.3 is 0 Å². The minimum Gasteiger partial charge on any atom is -0.349 e. The number of carbonyl (C=O) groups is 1. The lowest BCUT2D eigenvalue weighted by atomic mass is 10.0. The fourth-order valence-electron chi connectivity index (χ4n) is 3.28. The molecular weight excluding hydrogens is 437 g/mol. The summed E-state index contributed by atoms with van der Waals surface area (Å²) in [5, 5.41) is 3.77. The molecule has 1 amide bonds. The Kier molecular flexibility index (Phi) is 6.22. The summed E-state index contributed by atoms with van der Waals surface area (Å²) in [4.78, 5) is 28.0. The van der Waals surface area contributed by atoms with Crippen LogP contribution in [0.1, 0.15) is 22.1 Å². The maximum absolute atomic E-state index is 14.4. The molecule has 0 radical (unpaired) electrons. The van der Waals surface area contributed by atoms with E-state index in [4.69, 9.17) is 11.6 Å². The van der Waals surface area contributed by atoms with Gasteiger partial charge in [0.25, 0.3) is 5.91 Å². The number of aromatic nitrogens is 3. The highest BCUT2D eigenvalue weighted by Crippen LogP contribution is 2.31. The summed E-state index contributed by atoms with van der Waals surface area (Å²) in [6.45, 7) is 0.141. The van der Waals surface area contributed by atoms with Crippen molar-refractivity contribution in [1.29, 1.82) is 0 Å². The molecule has 4 rings (SSSR count). The van der Waals surface area contributed by atoms with Crippen molar-refractivity contribution < 1.29 is 9.18 Å². The average Bonchev–Trinajstić information content (AvgIpc) is 3.19. The van der Waals surface area contributed by atoms with Crippen molar-refractivity contribution >= 4 is 39.1 Å². The molecule has 0 aliphatic carbocycles. The normalized spacial score (nSPS) is 12.3. The lowest BCUT2D eigenvalue weighted by molar-refractivity contribution is 0.0936. The van der Waals surface area contributed by atoms with Gasteiger partial charge in [-0.1, -0.05) is 29.8 Å². The van der Waals surface area contributed by atoms with E-state index in [1.165, 1.54) is 29.8 Å². The Morgan fingerprint density at radius 3 is 2.68 bits per heavy atom. The second kappa shape index (κ2) is 9.05. The molecular formula is C22H19ClFN5OS. The van der Waals surface area contributed by atoms with E-state index < -0.39 is 17.8 Å². The third kappa shape index (κ3) is 4.41. The van der Waals surface area contributed by atoms with Gasteiger partial charge in [-0.3, -0.25) is 4.79 Å². The number of likely N-dealkylation sites (N-methyl/N-ethyl adjacent to an activating group) is 1. The number of rotatable bonds is 6. The van der Waals surface area contributed by atoms with Crippen LogP contribution in [0.5, 0.6) is 0 Å². The van der Waals surface area contributed by atoms with Crippen molar-refractivity contribution in [3.63, 3.8) is 0 Å². The molecule has 0 aliphatic heterocycles. The second-order valence-electron chi connectivity index (χ2n) is 7.07. The molecule has 1 unspecified atom stereocenters. The molecule has 2 aromatic heterocycles. The molecule has 4 aromatic rings. The molecule has 0 spiro atoms. The van der Waals surface area contributed by atoms with Crippen molar-refractivity contribution in [2.45, 2.75) is 6.04 Å². The predicted octanol–water partition coefficient (Wildman–Crippen LogP) is 4.58. The van der Waals surface area contributed by atoms with Gasteiger partial charge in [0, 0.05) is 29.5 Å². The molecule has 0 saturated heterocycles. The Morgan fingerprint density at radius 2 is 1.94 bits per heavy atom. The maximum atomic E-state index is 14.4. The first kappa shape index (κ1) is 21.3. The molecule has 6 nitrogen and oxygen atoms in total. The summed E-state index contributed by atoms with van der Waals surface area (Å²) in [7, 11) is 3.60. The van der Waals surface area contributed by atoms with Crippen LogP contribution in [0.15, 0.2) is 54.9 Å². The van der Waals surface area contributed by atoms with Crippen LogP contribution in [0, 0.1) is 5.82 Å². The number of nitrogens with zero attached hydrogens (tertiary/aromatic N) is 4. The molecule has 1 atom stereocenters. The highest BCUT2D eigenvalue weighted by Gasteiger charge is 2.24. The van der Waals surface area contributed by atoms with E-state index in [-0.39, 0.29) is 12.2 Å². The standard InChI is InChI=1S/C22H19ClFN5OS/c1-29(2)16(18-13(23)6-5-7-14(18)24)12-27-21(30)19-20(26-11-10-25-19)22-28-15-8-3-4-9-17(15)31-22/h3-11,16H,12H2,1-2H3,(H,27,30). The molecule has 0 saturated carbocycles. The van der Waals surface area contributed by atoms with Gasteiger partial charge in [0.15, 0.2) is 5.69 Å². The Labute approximate surface area is 187 Å². The first-order valence-corrected chi connectivity index (χ1v) is 10.7. The minimum absolute atomic E-state index is 0.141. The topological polar surface area (TPSA) is 71.0 Å². The first-order chi connectivity index (χ1) is 15.0. The van der Waals surface area contributed by atoms with Crippen LogP contribution in [0.4, 0.5) is 4.39 Å². The highest BCUT2D eigenvalue weighted by atomic mass is 35.5. The number of halogens is 2. The smallest absolute Gasteiger partial charge is 0.272 e. The van der Waals surface area contributed by atoms with E-state index in [0.717, 1.165) is 10.2 Å². The second-order valence-corrected chi connectivity index (χ2v) is 8.50. The lowest BCUT2D eigenvalue weighted by Gasteiger charge is -2.26. The largest absolute Gasteiger partial charge is 0.349 e. The SMILES string of the molecule is CN(C)C(CNC(=O)c1nccnc1-c1nc2ccccc2s1)c1c(F)cccc1Cl. The Hall–Kier alpha value is -2.94. The molecule has 9 heteroatoms. The van der Waals surface area contributed by atoms with Gasteiger partial charge in [-0.05, 0) is 38.4 Å². The fraction of sp³-hybridized carbons (Fsp3) is 0.182. The van der Waals surface area contributed by atoms with E-state index in [0.29, 0.717) is 21.3 Å². The summed E-state index contributed by atoms with van der Waals surface area (Å²) in [6, 6.07) is 11.8. The maximum Gasteiger partial charge on any atom is 0.272 e. The van der Waals surface area contributed by atoms with E-state index in [1.54, 1.807) is 31.1 Å². The monoisotopic (exact) mass is 455 g/mol. The van der Waals surface area contributed by atoms with Gasteiger partial charge in [0.2, 0.25) is 0 Å². The predicted molar refractivity (Wildman–Crippen MR) is 121 cm³/mol. The van der Waals surface area contributed by atoms with Crippen molar-refractivity contribution in [2.24, 2.45) is 0 Å². The van der Waals surface area contributed by atoms with Crippen LogP contribution < -0.4 is 5.32 Å². The number of benzene rings is 2. The van der Waals surface area contributed by atoms with E-state index in [1.807, 2.05) is 24.3 Å². The third-order valence-electron chi connectivity index (χ3n) is 4.82. The molecule has 0 aliphatic rings. The van der Waals surface area contributed by atoms with Crippen molar-refractivity contribution in [1.82, 2.24) is 25.2 Å². The summed E-state index contributed by atoms with van der Waals surface area (Å²) in [5.74, 6) is -0.836. The molecule has 158 valence electrons. The van der Waals surface area contributed by atoms with Crippen LogP contribution in [0.25, 0.3) is 20.9 Å². The van der Waals surface area contributed by atoms with Gasteiger partial charge in [-0.15, -0.1) is 11.3 Å². The minimum atomic E-state index is -0.458. The van der Waals surface area contributed by atoms with Gasteiger partial charge in [0.1, 0.15) is 16.5 Å². The number of para-hydroxylation sites is 1. The third-order valence-corrected chi connectivity index (χ3v) is 6.19. The van der Waals surface area contributed by atoms with Crippen LogP contribution in [0.3, 0.4) is 0 Å². The zero-order valence-corrected chi connectivity index (χ0v) is 18.4. The van der Waals surface area contributed by atoms with Gasteiger partial charge in [-0.2, -0.15) is 0 Å². The molecule has 2 heterocycles. The van der Waals surface area contributed by atoms with Crippen molar-refractivity contribution in [3.05, 3.63) is 77.0 Å². The molecule has 2 aromatic carbocycles. The van der Waals surface area contributed by atoms with E-state index in [2.05, 4.69) is 20.3 Å². The molecule has 0 fully saturated rings. The van der Waals surface area contributed by atoms with E-state index in [9.17, 15) is 9.18 Å². The summed E-state index contributed by atoms with van der Waals surface area (Å²) in [6.07, 6.45) is 2.99. The summed E-state index contributed by atoms with van der Waals surface area (Å²) < 4.78 is 15.4. The van der Waals surface area contributed by atoms with Crippen molar-refractivity contribution in [3.8, 4) is 10.7 Å². The van der Waals surface area contributed by atoms with Gasteiger partial charge in [-0.25, -0.2) is 19.3 Å². The fourth-order valence-corrected chi connectivity index (χ4v) is 4.53.